The number of fused-ring (bicyclic) bond motifs is 1. The molecule has 2 aromatic carbocycles. The Kier molecular flexibility index (Phi) is 4.47. The van der Waals surface area contributed by atoms with Gasteiger partial charge in [0.15, 0.2) is 5.78 Å². The van der Waals surface area contributed by atoms with Crippen molar-refractivity contribution in [2.75, 3.05) is 6.61 Å². The van der Waals surface area contributed by atoms with E-state index in [2.05, 4.69) is 9.97 Å². The van der Waals surface area contributed by atoms with Crippen molar-refractivity contribution in [3.63, 3.8) is 0 Å². The summed E-state index contributed by atoms with van der Waals surface area (Å²) >= 11 is 0. The van der Waals surface area contributed by atoms with E-state index < -0.39 is 0 Å². The summed E-state index contributed by atoms with van der Waals surface area (Å²) in [5.41, 5.74) is 1.28. The number of nitrogens with one attached hydrogen (secondary N) is 1. The number of hydrogen-bond acceptors (Lipinski definition) is 5. The van der Waals surface area contributed by atoms with Crippen molar-refractivity contribution in [2.24, 2.45) is 0 Å². The molecule has 1 aliphatic rings. The van der Waals surface area contributed by atoms with Crippen LogP contribution in [0.25, 0.3) is 0 Å². The van der Waals surface area contributed by atoms with E-state index in [9.17, 15) is 15.0 Å². The Labute approximate surface area is 138 Å². The van der Waals surface area contributed by atoms with Gasteiger partial charge in [-0.15, -0.1) is 0 Å². The van der Waals surface area contributed by atoms with Crippen molar-refractivity contribution in [2.45, 2.75) is 5.92 Å². The lowest BCUT2D eigenvalue weighted by Crippen LogP contribution is -2.25. The quantitative estimate of drug-likeness (QED) is 0.640. The Morgan fingerprint density at radius 1 is 1.08 bits per heavy atom. The van der Waals surface area contributed by atoms with Crippen LogP contribution in [-0.2, 0) is 0 Å². The molecule has 0 spiro atoms. The third-order valence-corrected chi connectivity index (χ3v) is 3.65. The van der Waals surface area contributed by atoms with E-state index in [0.717, 1.165) is 5.56 Å². The van der Waals surface area contributed by atoms with Crippen molar-refractivity contribution in [3.8, 4) is 17.2 Å². The summed E-state index contributed by atoms with van der Waals surface area (Å²) in [5.74, 6) is 0.248. The van der Waals surface area contributed by atoms with E-state index in [0.29, 0.717) is 11.3 Å². The molecule has 24 heavy (non-hydrogen) atoms. The normalized spacial score (nSPS) is 15.7. The molecular formula is C18H16N2O4. The topological polar surface area (TPSA) is 95.4 Å². The summed E-state index contributed by atoms with van der Waals surface area (Å²) < 4.78 is 5.53. The second-order valence-electron chi connectivity index (χ2n) is 5.26. The molecule has 0 bridgehead atoms. The second-order valence-corrected chi connectivity index (χ2v) is 5.26. The van der Waals surface area contributed by atoms with Crippen molar-refractivity contribution < 1.29 is 19.7 Å². The largest absolute Gasteiger partial charge is 0.508 e. The first-order chi connectivity index (χ1) is 11.6. The number of nitrogens with zero attached hydrogens (tertiary/aromatic N) is 1. The van der Waals surface area contributed by atoms with Crippen LogP contribution in [0, 0.1) is 0 Å². The van der Waals surface area contributed by atoms with E-state index >= 15 is 0 Å². The standard InChI is InChI=1S/C15H12O4.C3H4N2/c16-10-3-1-9(2-4-10)13-8-19-14-7-11(17)5-6-12(14)15(13)18;1-2-5-3-4-1/h1-7,13,16-17H,8H2;1-3H,(H,4,5). The predicted octanol–water partition coefficient (Wildman–Crippen LogP) is 2.87. The molecule has 6 nitrogen and oxygen atoms in total. The van der Waals surface area contributed by atoms with Crippen LogP contribution in [0.4, 0.5) is 0 Å². The van der Waals surface area contributed by atoms with Crippen LogP contribution in [0.3, 0.4) is 0 Å². The molecule has 6 heteroatoms. The molecule has 0 radical (unpaired) electrons. The highest BCUT2D eigenvalue weighted by atomic mass is 16.5. The summed E-state index contributed by atoms with van der Waals surface area (Å²) in [6.45, 7) is 0.236. The number of hydrogen-bond donors (Lipinski definition) is 3. The molecular weight excluding hydrogens is 308 g/mol. The molecule has 122 valence electrons. The number of phenols is 2. The van der Waals surface area contributed by atoms with E-state index in [1.54, 1.807) is 49.1 Å². The summed E-state index contributed by atoms with van der Waals surface area (Å²) in [5, 5.41) is 18.6. The number of imidazole rings is 1. The fourth-order valence-corrected chi connectivity index (χ4v) is 2.44. The fourth-order valence-electron chi connectivity index (χ4n) is 2.44. The van der Waals surface area contributed by atoms with Crippen LogP contribution in [-0.4, -0.2) is 32.6 Å². The van der Waals surface area contributed by atoms with Crippen molar-refractivity contribution in [1.82, 2.24) is 9.97 Å². The maximum Gasteiger partial charge on any atom is 0.177 e. The van der Waals surface area contributed by atoms with E-state index in [4.69, 9.17) is 4.74 Å². The highest BCUT2D eigenvalue weighted by Crippen LogP contribution is 2.34. The van der Waals surface area contributed by atoms with Crippen LogP contribution in [0.15, 0.2) is 61.2 Å². The number of ketones is 1. The Morgan fingerprint density at radius 2 is 1.83 bits per heavy atom. The number of benzene rings is 2. The van der Waals surface area contributed by atoms with Gasteiger partial charge in [0.05, 0.1) is 17.8 Å². The number of H-pyrrole nitrogens is 1. The highest BCUT2D eigenvalue weighted by Gasteiger charge is 2.30. The first-order valence-corrected chi connectivity index (χ1v) is 7.37. The smallest absolute Gasteiger partial charge is 0.177 e. The van der Waals surface area contributed by atoms with E-state index in [1.807, 2.05) is 0 Å². The molecule has 4 rings (SSSR count). The number of aromatic nitrogens is 2. The van der Waals surface area contributed by atoms with Gasteiger partial charge in [-0.1, -0.05) is 12.1 Å². The molecule has 1 aromatic heterocycles. The van der Waals surface area contributed by atoms with Crippen LogP contribution in [0.2, 0.25) is 0 Å². The van der Waals surface area contributed by atoms with Crippen molar-refractivity contribution >= 4 is 5.78 Å². The summed E-state index contributed by atoms with van der Waals surface area (Å²) in [7, 11) is 0. The average Bonchev–Trinajstić information content (AvgIpc) is 3.16. The first-order valence-electron chi connectivity index (χ1n) is 7.37. The molecule has 3 aromatic rings. The van der Waals surface area contributed by atoms with Crippen molar-refractivity contribution in [1.29, 1.82) is 0 Å². The lowest BCUT2D eigenvalue weighted by atomic mass is 9.89. The minimum Gasteiger partial charge on any atom is -0.508 e. The number of aromatic hydroxyl groups is 2. The lowest BCUT2D eigenvalue weighted by Gasteiger charge is -2.24. The third kappa shape index (κ3) is 3.38. The maximum absolute atomic E-state index is 12.4. The highest BCUT2D eigenvalue weighted by molar-refractivity contribution is 6.04. The SMILES string of the molecule is O=C1c2ccc(O)cc2OCC1c1ccc(O)cc1.c1c[nH]cn1. The summed E-state index contributed by atoms with van der Waals surface area (Å²) in [6.07, 6.45) is 5.08. The van der Waals surface area contributed by atoms with Gasteiger partial charge in [-0.2, -0.15) is 0 Å². The van der Waals surface area contributed by atoms with Gasteiger partial charge in [0, 0.05) is 18.5 Å². The molecule has 0 aliphatic carbocycles. The zero-order valence-corrected chi connectivity index (χ0v) is 12.7. The Bertz CT molecular complexity index is 796. The molecule has 2 heterocycles. The molecule has 0 saturated carbocycles. The Hall–Kier alpha value is -3.28. The average molecular weight is 324 g/mol. The van der Waals surface area contributed by atoms with Gasteiger partial charge in [-0.25, -0.2) is 4.98 Å². The molecule has 1 atom stereocenters. The molecule has 1 unspecified atom stereocenters. The number of phenolic OH excluding ortho intramolecular Hbond substituents is 2. The molecule has 1 aliphatic heterocycles. The van der Waals surface area contributed by atoms with Crippen LogP contribution < -0.4 is 4.74 Å². The van der Waals surface area contributed by atoms with E-state index in [1.165, 1.54) is 12.1 Å². The Morgan fingerprint density at radius 3 is 2.46 bits per heavy atom. The Balaban J connectivity index is 0.000000290. The van der Waals surface area contributed by atoms with Crippen LogP contribution in [0.1, 0.15) is 21.8 Å². The summed E-state index contributed by atoms with van der Waals surface area (Å²) in [4.78, 5) is 18.8. The van der Waals surface area contributed by atoms with E-state index in [-0.39, 0.29) is 29.8 Å². The number of Topliss-reactive ketones (excluding diaryl/α,β-unsaturated/α-hetero) is 1. The molecule has 3 N–H and O–H groups in total. The minimum absolute atomic E-state index is 0.0352. The number of aromatic amines is 1. The second kappa shape index (κ2) is 6.87. The number of ether oxygens (including phenoxy) is 1. The van der Waals surface area contributed by atoms with Gasteiger partial charge in [-0.05, 0) is 29.8 Å². The summed E-state index contributed by atoms with van der Waals surface area (Å²) in [6, 6.07) is 11.0. The molecule has 0 fully saturated rings. The van der Waals surface area contributed by atoms with Gasteiger partial charge < -0.3 is 19.9 Å². The van der Waals surface area contributed by atoms with Gasteiger partial charge >= 0.3 is 0 Å². The molecule has 0 amide bonds. The third-order valence-electron chi connectivity index (χ3n) is 3.65. The van der Waals surface area contributed by atoms with Crippen LogP contribution >= 0.6 is 0 Å². The number of rotatable bonds is 1. The maximum atomic E-state index is 12.4. The van der Waals surface area contributed by atoms with Gasteiger partial charge in [0.25, 0.3) is 0 Å². The zero-order valence-electron chi connectivity index (χ0n) is 12.7. The molecule has 0 saturated heterocycles. The van der Waals surface area contributed by atoms with Crippen molar-refractivity contribution in [3.05, 3.63) is 72.3 Å². The monoisotopic (exact) mass is 324 g/mol. The first kappa shape index (κ1) is 15.6. The number of carbonyl (C=O) groups excluding carboxylic acids is 1. The van der Waals surface area contributed by atoms with Gasteiger partial charge in [0.2, 0.25) is 0 Å². The van der Waals surface area contributed by atoms with Gasteiger partial charge in [-0.3, -0.25) is 4.79 Å². The minimum atomic E-state index is -0.377. The zero-order chi connectivity index (χ0) is 16.9. The van der Waals surface area contributed by atoms with Gasteiger partial charge in [0.1, 0.15) is 23.9 Å². The van der Waals surface area contributed by atoms with Crippen LogP contribution in [0.5, 0.6) is 17.2 Å². The lowest BCUT2D eigenvalue weighted by molar-refractivity contribution is 0.0896. The fraction of sp³-hybridized carbons (Fsp3) is 0.111. The predicted molar refractivity (Wildman–Crippen MR) is 87.4 cm³/mol. The number of carbonyl (C=O) groups is 1.